The normalized spacial score (nSPS) is 16.6. The molecule has 35 heavy (non-hydrogen) atoms. The molecule has 2 aromatic rings. The first-order valence-electron chi connectivity index (χ1n) is 12.0. The predicted octanol–water partition coefficient (Wildman–Crippen LogP) is 3.64. The summed E-state index contributed by atoms with van der Waals surface area (Å²) in [6.45, 7) is 2.90. The number of methoxy groups -OCH3 is 1. The third kappa shape index (κ3) is 5.32. The lowest BCUT2D eigenvalue weighted by molar-refractivity contribution is -0.146. The molecule has 4 rings (SSSR count). The van der Waals surface area contributed by atoms with Crippen LogP contribution in [0, 0.1) is 5.92 Å². The molecule has 1 unspecified atom stereocenters. The lowest BCUT2D eigenvalue weighted by Gasteiger charge is -2.44. The summed E-state index contributed by atoms with van der Waals surface area (Å²) in [6.07, 6.45) is 0.819. The molecular formula is C27H32N2O6. The van der Waals surface area contributed by atoms with E-state index in [-0.39, 0.29) is 37.4 Å². The van der Waals surface area contributed by atoms with Gasteiger partial charge >= 0.3 is 12.1 Å². The average molecular weight is 481 g/mol. The van der Waals surface area contributed by atoms with Crippen LogP contribution in [0.3, 0.4) is 0 Å². The van der Waals surface area contributed by atoms with E-state index in [1.807, 2.05) is 24.3 Å². The average Bonchev–Trinajstić information content (AvgIpc) is 3.12. The van der Waals surface area contributed by atoms with Gasteiger partial charge in [-0.3, -0.25) is 9.59 Å². The van der Waals surface area contributed by atoms with Gasteiger partial charge < -0.3 is 24.8 Å². The topological polar surface area (TPSA) is 105 Å². The molecule has 0 radical (unpaired) electrons. The first-order valence-corrected chi connectivity index (χ1v) is 12.0. The number of amides is 2. The minimum absolute atomic E-state index is 0.0101. The summed E-state index contributed by atoms with van der Waals surface area (Å²) in [7, 11) is 1.48. The third-order valence-electron chi connectivity index (χ3n) is 6.87. The number of ether oxygens (including phenoxy) is 2. The lowest BCUT2D eigenvalue weighted by atomic mass is 9.90. The van der Waals surface area contributed by atoms with Gasteiger partial charge in [0, 0.05) is 32.5 Å². The highest BCUT2D eigenvalue weighted by Crippen LogP contribution is 2.44. The number of carbonyl (C=O) groups excluding carboxylic acids is 2. The molecule has 0 aromatic heterocycles. The quantitative estimate of drug-likeness (QED) is 0.538. The van der Waals surface area contributed by atoms with Gasteiger partial charge in [-0.1, -0.05) is 48.5 Å². The fourth-order valence-electron chi connectivity index (χ4n) is 5.11. The number of fused-ring (bicyclic) bond motifs is 3. The van der Waals surface area contributed by atoms with E-state index in [2.05, 4.69) is 29.6 Å². The summed E-state index contributed by atoms with van der Waals surface area (Å²) < 4.78 is 10.9. The van der Waals surface area contributed by atoms with Gasteiger partial charge in [0.2, 0.25) is 0 Å². The number of aliphatic carboxylic acids is 1. The minimum Gasteiger partial charge on any atom is -0.481 e. The number of carboxylic acid groups (broad SMARTS) is 1. The summed E-state index contributed by atoms with van der Waals surface area (Å²) in [5.74, 6) is -0.835. The van der Waals surface area contributed by atoms with Gasteiger partial charge in [-0.2, -0.15) is 0 Å². The van der Waals surface area contributed by atoms with Gasteiger partial charge in [-0.15, -0.1) is 0 Å². The van der Waals surface area contributed by atoms with E-state index >= 15 is 0 Å². The maximum atomic E-state index is 13.2. The molecule has 0 saturated carbocycles. The van der Waals surface area contributed by atoms with Gasteiger partial charge in [0.25, 0.3) is 5.91 Å². The second-order valence-electron chi connectivity index (χ2n) is 9.58. The summed E-state index contributed by atoms with van der Waals surface area (Å²) in [6, 6.07) is 16.2. The van der Waals surface area contributed by atoms with Crippen molar-refractivity contribution in [3.8, 4) is 11.1 Å². The largest absolute Gasteiger partial charge is 0.481 e. The highest BCUT2D eigenvalue weighted by molar-refractivity contribution is 5.90. The van der Waals surface area contributed by atoms with Crippen LogP contribution in [-0.2, 0) is 19.1 Å². The Morgan fingerprint density at radius 3 is 2.23 bits per heavy atom. The molecule has 2 aliphatic rings. The zero-order valence-corrected chi connectivity index (χ0v) is 20.2. The second kappa shape index (κ2) is 10.5. The monoisotopic (exact) mass is 480 g/mol. The summed E-state index contributed by atoms with van der Waals surface area (Å²) in [4.78, 5) is 38.3. The molecule has 2 amide bonds. The third-order valence-corrected chi connectivity index (χ3v) is 6.87. The van der Waals surface area contributed by atoms with E-state index in [4.69, 9.17) is 14.6 Å². The van der Waals surface area contributed by atoms with Crippen molar-refractivity contribution in [2.75, 3.05) is 33.4 Å². The molecule has 8 heteroatoms. The molecule has 186 valence electrons. The van der Waals surface area contributed by atoms with E-state index in [1.165, 1.54) is 7.11 Å². The number of carbonyl (C=O) groups is 3. The lowest BCUT2D eigenvalue weighted by Crippen LogP contribution is -2.64. The number of rotatable bonds is 10. The molecule has 1 aliphatic heterocycles. The maximum absolute atomic E-state index is 13.2. The van der Waals surface area contributed by atoms with Crippen LogP contribution in [0.4, 0.5) is 4.79 Å². The Morgan fingerprint density at radius 1 is 1.06 bits per heavy atom. The standard InChI is InChI=1S/C27H32N2O6/c1-27(17-34-2,25(32)29-14-18(15-29)8-7-13-24(30)31)28-26(33)35-16-23-21-11-5-3-9-19(21)20-10-4-6-12-22(20)23/h3-6,9-12,18,23H,7-8,13-17H2,1-2H3,(H,28,33)(H,30,31). The van der Waals surface area contributed by atoms with Crippen LogP contribution < -0.4 is 5.32 Å². The van der Waals surface area contributed by atoms with E-state index in [0.29, 0.717) is 19.5 Å². The Balaban J connectivity index is 1.35. The van der Waals surface area contributed by atoms with Crippen molar-refractivity contribution in [3.63, 3.8) is 0 Å². The van der Waals surface area contributed by atoms with Crippen LogP contribution in [-0.4, -0.2) is 66.9 Å². The number of likely N-dealkylation sites (tertiary alicyclic amines) is 1. The molecule has 8 nitrogen and oxygen atoms in total. The zero-order chi connectivity index (χ0) is 25.0. The number of hydrogen-bond acceptors (Lipinski definition) is 5. The molecule has 0 spiro atoms. The SMILES string of the molecule is COCC(C)(NC(=O)OCC1c2ccccc2-c2ccccc21)C(=O)N1CC(CCCC(=O)O)C1. The van der Waals surface area contributed by atoms with Crippen LogP contribution in [0.25, 0.3) is 11.1 Å². The van der Waals surface area contributed by atoms with Crippen LogP contribution in [0.5, 0.6) is 0 Å². The molecule has 1 atom stereocenters. The Hall–Kier alpha value is -3.39. The smallest absolute Gasteiger partial charge is 0.408 e. The van der Waals surface area contributed by atoms with Crippen LogP contribution >= 0.6 is 0 Å². The Bertz CT molecular complexity index is 1050. The fraction of sp³-hybridized carbons (Fsp3) is 0.444. The Morgan fingerprint density at radius 2 is 1.66 bits per heavy atom. The zero-order valence-electron chi connectivity index (χ0n) is 20.2. The Labute approximate surface area is 205 Å². The van der Waals surface area contributed by atoms with Crippen molar-refractivity contribution < 1.29 is 29.0 Å². The number of benzene rings is 2. The number of alkyl carbamates (subject to hydrolysis) is 1. The van der Waals surface area contributed by atoms with E-state index < -0.39 is 17.6 Å². The highest BCUT2D eigenvalue weighted by atomic mass is 16.5. The molecule has 2 aromatic carbocycles. The molecule has 1 saturated heterocycles. The Kier molecular flexibility index (Phi) is 7.40. The van der Waals surface area contributed by atoms with Crippen molar-refractivity contribution in [3.05, 3.63) is 59.7 Å². The van der Waals surface area contributed by atoms with Crippen molar-refractivity contribution in [1.29, 1.82) is 0 Å². The van der Waals surface area contributed by atoms with Crippen LogP contribution in [0.15, 0.2) is 48.5 Å². The van der Waals surface area contributed by atoms with Gasteiger partial charge in [0.05, 0.1) is 6.61 Å². The number of nitrogens with one attached hydrogen (secondary N) is 1. The molecule has 1 aliphatic carbocycles. The molecule has 2 N–H and O–H groups in total. The molecule has 1 fully saturated rings. The highest BCUT2D eigenvalue weighted by Gasteiger charge is 2.43. The van der Waals surface area contributed by atoms with Crippen molar-refractivity contribution in [2.45, 2.75) is 37.6 Å². The van der Waals surface area contributed by atoms with E-state index in [0.717, 1.165) is 28.7 Å². The van der Waals surface area contributed by atoms with Crippen molar-refractivity contribution in [2.24, 2.45) is 5.92 Å². The molecule has 1 heterocycles. The van der Waals surface area contributed by atoms with Crippen LogP contribution in [0.1, 0.15) is 43.2 Å². The van der Waals surface area contributed by atoms with Gasteiger partial charge in [0.15, 0.2) is 0 Å². The minimum atomic E-state index is -1.26. The van der Waals surface area contributed by atoms with Crippen molar-refractivity contribution >= 4 is 18.0 Å². The summed E-state index contributed by atoms with van der Waals surface area (Å²) >= 11 is 0. The van der Waals surface area contributed by atoms with E-state index in [1.54, 1.807) is 11.8 Å². The molecule has 0 bridgehead atoms. The number of hydrogen-bond donors (Lipinski definition) is 2. The second-order valence-corrected chi connectivity index (χ2v) is 9.58. The number of carboxylic acids is 1. The first kappa shape index (κ1) is 24.7. The van der Waals surface area contributed by atoms with Gasteiger partial charge in [-0.25, -0.2) is 4.79 Å². The summed E-state index contributed by atoms with van der Waals surface area (Å²) in [5.41, 5.74) is 3.27. The summed E-state index contributed by atoms with van der Waals surface area (Å²) in [5, 5.41) is 11.5. The van der Waals surface area contributed by atoms with E-state index in [9.17, 15) is 14.4 Å². The van der Waals surface area contributed by atoms with Gasteiger partial charge in [-0.05, 0) is 47.9 Å². The van der Waals surface area contributed by atoms with Crippen LogP contribution in [0.2, 0.25) is 0 Å². The molecular weight excluding hydrogens is 448 g/mol. The number of nitrogens with zero attached hydrogens (tertiary/aromatic N) is 1. The predicted molar refractivity (Wildman–Crippen MR) is 130 cm³/mol. The maximum Gasteiger partial charge on any atom is 0.408 e. The fourth-order valence-corrected chi connectivity index (χ4v) is 5.11. The van der Waals surface area contributed by atoms with Crippen molar-refractivity contribution in [1.82, 2.24) is 10.2 Å². The first-order chi connectivity index (χ1) is 16.8. The van der Waals surface area contributed by atoms with Gasteiger partial charge in [0.1, 0.15) is 12.1 Å².